The van der Waals surface area contributed by atoms with Gasteiger partial charge in [0.25, 0.3) is 5.60 Å². The summed E-state index contributed by atoms with van der Waals surface area (Å²) in [6, 6.07) is 3.37. The highest BCUT2D eigenvalue weighted by molar-refractivity contribution is 6.08. The fraction of sp³-hybridized carbons (Fsp3) is 0.385. The maximum absolute atomic E-state index is 11.8. The number of hydrogen-bond donors (Lipinski definition) is 1. The lowest BCUT2D eigenvalue weighted by Crippen LogP contribution is -2.43. The molecule has 0 amide bonds. The SMILES string of the molecule is CCOC(=O)C1(O)C(=O)Oc2c(C)cc(C)cc21. The van der Waals surface area contributed by atoms with Crippen molar-refractivity contribution < 1.29 is 24.2 Å². The van der Waals surface area contributed by atoms with Gasteiger partial charge in [0.1, 0.15) is 5.75 Å². The van der Waals surface area contributed by atoms with E-state index < -0.39 is 17.5 Å². The third-order valence-electron chi connectivity index (χ3n) is 2.87. The molecule has 0 radical (unpaired) electrons. The minimum Gasteiger partial charge on any atom is -0.463 e. The molecule has 5 heteroatoms. The van der Waals surface area contributed by atoms with Gasteiger partial charge in [0.2, 0.25) is 0 Å². The molecule has 0 saturated heterocycles. The molecule has 1 atom stereocenters. The van der Waals surface area contributed by atoms with Gasteiger partial charge < -0.3 is 14.6 Å². The van der Waals surface area contributed by atoms with Crippen LogP contribution in [0.4, 0.5) is 0 Å². The highest BCUT2D eigenvalue weighted by Gasteiger charge is 2.56. The number of fused-ring (bicyclic) bond motifs is 1. The van der Waals surface area contributed by atoms with Crippen molar-refractivity contribution >= 4 is 11.9 Å². The van der Waals surface area contributed by atoms with Crippen LogP contribution in [0.3, 0.4) is 0 Å². The third-order valence-corrected chi connectivity index (χ3v) is 2.87. The number of esters is 2. The predicted octanol–water partition coefficient (Wildman–Crippen LogP) is 0.973. The first-order valence-corrected chi connectivity index (χ1v) is 5.64. The minimum atomic E-state index is -2.35. The lowest BCUT2D eigenvalue weighted by molar-refractivity contribution is -0.176. The van der Waals surface area contributed by atoms with E-state index in [9.17, 15) is 14.7 Å². The lowest BCUT2D eigenvalue weighted by Gasteiger charge is -2.17. The molecular weight excluding hydrogens is 236 g/mol. The summed E-state index contributed by atoms with van der Waals surface area (Å²) in [5.41, 5.74) is -0.670. The van der Waals surface area contributed by atoms with Crippen LogP contribution in [0, 0.1) is 13.8 Å². The van der Waals surface area contributed by atoms with Gasteiger partial charge in [-0.25, -0.2) is 9.59 Å². The molecule has 0 spiro atoms. The van der Waals surface area contributed by atoms with Crippen molar-refractivity contribution in [2.45, 2.75) is 26.4 Å². The summed E-state index contributed by atoms with van der Waals surface area (Å²) in [6.07, 6.45) is 0. The zero-order valence-corrected chi connectivity index (χ0v) is 10.4. The third kappa shape index (κ3) is 1.59. The molecule has 1 aliphatic rings. The van der Waals surface area contributed by atoms with Crippen LogP contribution in [0.15, 0.2) is 12.1 Å². The molecule has 1 unspecified atom stereocenters. The van der Waals surface area contributed by atoms with E-state index in [1.165, 1.54) is 0 Å². The van der Waals surface area contributed by atoms with Crippen molar-refractivity contribution in [3.63, 3.8) is 0 Å². The number of carbonyl (C=O) groups is 2. The molecule has 0 aromatic heterocycles. The molecule has 1 N–H and O–H groups in total. The van der Waals surface area contributed by atoms with Crippen molar-refractivity contribution in [2.24, 2.45) is 0 Å². The quantitative estimate of drug-likeness (QED) is 0.481. The average molecular weight is 250 g/mol. The van der Waals surface area contributed by atoms with Crippen LogP contribution < -0.4 is 4.74 Å². The normalized spacial score (nSPS) is 21.4. The monoisotopic (exact) mass is 250 g/mol. The van der Waals surface area contributed by atoms with Gasteiger partial charge in [0.15, 0.2) is 0 Å². The summed E-state index contributed by atoms with van der Waals surface area (Å²) in [4.78, 5) is 23.5. The molecule has 0 bridgehead atoms. The number of aliphatic hydroxyl groups is 1. The maximum atomic E-state index is 11.8. The molecule has 0 fully saturated rings. The van der Waals surface area contributed by atoms with Crippen molar-refractivity contribution in [1.29, 1.82) is 0 Å². The minimum absolute atomic E-state index is 0.0779. The molecular formula is C13H14O5. The predicted molar refractivity (Wildman–Crippen MR) is 62.1 cm³/mol. The Morgan fingerprint density at radius 1 is 1.44 bits per heavy atom. The van der Waals surface area contributed by atoms with Crippen LogP contribution in [-0.2, 0) is 19.9 Å². The Balaban J connectivity index is 2.60. The Hall–Kier alpha value is -1.88. The highest BCUT2D eigenvalue weighted by Crippen LogP contribution is 2.41. The summed E-state index contributed by atoms with van der Waals surface area (Å²) in [6.45, 7) is 5.23. The summed E-state index contributed by atoms with van der Waals surface area (Å²) in [5.74, 6) is -1.77. The van der Waals surface area contributed by atoms with Crippen molar-refractivity contribution in [3.8, 4) is 5.75 Å². The largest absolute Gasteiger partial charge is 0.463 e. The first-order valence-electron chi connectivity index (χ1n) is 5.64. The molecule has 1 aromatic rings. The van der Waals surface area contributed by atoms with E-state index in [2.05, 4.69) is 0 Å². The van der Waals surface area contributed by atoms with Gasteiger partial charge >= 0.3 is 11.9 Å². The highest BCUT2D eigenvalue weighted by atomic mass is 16.6. The van der Waals surface area contributed by atoms with Crippen LogP contribution in [0.25, 0.3) is 0 Å². The van der Waals surface area contributed by atoms with Gasteiger partial charge in [-0.1, -0.05) is 11.6 Å². The number of carbonyl (C=O) groups excluding carboxylic acids is 2. The fourth-order valence-electron chi connectivity index (χ4n) is 2.06. The molecule has 0 saturated carbocycles. The molecule has 1 heterocycles. The second-order valence-corrected chi connectivity index (χ2v) is 4.28. The van der Waals surface area contributed by atoms with E-state index in [1.807, 2.05) is 13.0 Å². The number of aryl methyl sites for hydroxylation is 2. The Morgan fingerprint density at radius 2 is 2.11 bits per heavy atom. The molecule has 18 heavy (non-hydrogen) atoms. The fourth-order valence-corrected chi connectivity index (χ4v) is 2.06. The first kappa shape index (κ1) is 12.6. The van der Waals surface area contributed by atoms with Gasteiger partial charge in [-0.15, -0.1) is 0 Å². The number of hydrogen-bond acceptors (Lipinski definition) is 5. The summed E-state index contributed by atoms with van der Waals surface area (Å²) in [5, 5.41) is 10.3. The van der Waals surface area contributed by atoms with E-state index >= 15 is 0 Å². The standard InChI is InChI=1S/C13H14O5/c1-4-17-11(14)13(16)9-6-7(2)5-8(3)10(9)18-12(13)15/h5-6,16H,4H2,1-3H3. The van der Waals surface area contributed by atoms with Gasteiger partial charge in [-0.05, 0) is 32.4 Å². The van der Waals surface area contributed by atoms with Gasteiger partial charge in [0, 0.05) is 5.56 Å². The van der Waals surface area contributed by atoms with Gasteiger partial charge in [-0.2, -0.15) is 0 Å². The van der Waals surface area contributed by atoms with E-state index in [-0.39, 0.29) is 17.9 Å². The topological polar surface area (TPSA) is 72.8 Å². The Kier molecular flexibility index (Phi) is 2.86. The van der Waals surface area contributed by atoms with Crippen LogP contribution in [0.5, 0.6) is 5.75 Å². The molecule has 1 aliphatic heterocycles. The van der Waals surface area contributed by atoms with Crippen molar-refractivity contribution in [2.75, 3.05) is 6.61 Å². The Morgan fingerprint density at radius 3 is 2.72 bits per heavy atom. The zero-order chi connectivity index (χ0) is 13.5. The van der Waals surface area contributed by atoms with Crippen LogP contribution in [-0.4, -0.2) is 23.7 Å². The second kappa shape index (κ2) is 4.10. The number of rotatable bonds is 2. The van der Waals surface area contributed by atoms with Crippen LogP contribution in [0.1, 0.15) is 23.6 Å². The first-order chi connectivity index (χ1) is 8.41. The van der Waals surface area contributed by atoms with E-state index in [0.29, 0.717) is 5.56 Å². The average Bonchev–Trinajstić information content (AvgIpc) is 2.55. The summed E-state index contributed by atoms with van der Waals surface area (Å²) >= 11 is 0. The Bertz CT molecular complexity index is 534. The summed E-state index contributed by atoms with van der Waals surface area (Å²) in [7, 11) is 0. The molecule has 96 valence electrons. The van der Waals surface area contributed by atoms with Crippen molar-refractivity contribution in [1.82, 2.24) is 0 Å². The second-order valence-electron chi connectivity index (χ2n) is 4.28. The molecule has 0 aliphatic carbocycles. The van der Waals surface area contributed by atoms with E-state index in [4.69, 9.17) is 9.47 Å². The Labute approximate surface area is 104 Å². The van der Waals surface area contributed by atoms with E-state index in [0.717, 1.165) is 5.56 Å². The smallest absolute Gasteiger partial charge is 0.360 e. The van der Waals surface area contributed by atoms with Gasteiger partial charge in [0.05, 0.1) is 6.61 Å². The van der Waals surface area contributed by atoms with Gasteiger partial charge in [-0.3, -0.25) is 0 Å². The molecule has 5 nitrogen and oxygen atoms in total. The molecule has 1 aromatic carbocycles. The maximum Gasteiger partial charge on any atom is 0.360 e. The zero-order valence-electron chi connectivity index (χ0n) is 10.4. The van der Waals surface area contributed by atoms with Crippen LogP contribution >= 0.6 is 0 Å². The molecule has 2 rings (SSSR count). The number of ether oxygens (including phenoxy) is 2. The number of benzene rings is 1. The van der Waals surface area contributed by atoms with Crippen LogP contribution in [0.2, 0.25) is 0 Å². The van der Waals surface area contributed by atoms with E-state index in [1.54, 1.807) is 19.9 Å². The van der Waals surface area contributed by atoms with Crippen molar-refractivity contribution in [3.05, 3.63) is 28.8 Å². The summed E-state index contributed by atoms with van der Waals surface area (Å²) < 4.78 is 9.73. The lowest BCUT2D eigenvalue weighted by atomic mass is 9.92.